The maximum absolute atomic E-state index is 13.7. The Bertz CT molecular complexity index is 1230. The van der Waals surface area contributed by atoms with Gasteiger partial charge in [0.25, 0.3) is 0 Å². The Hall–Kier alpha value is -3.32. The summed E-state index contributed by atoms with van der Waals surface area (Å²) in [4.78, 5) is 28.8. The number of piperidine rings is 1. The number of hydrogen-bond acceptors (Lipinski definition) is 7. The first-order chi connectivity index (χ1) is 15.9. The number of carbonyl (C=O) groups is 1. The molecule has 1 aliphatic heterocycles. The molecule has 0 bridgehead atoms. The number of aromatic hydroxyl groups is 1. The van der Waals surface area contributed by atoms with E-state index in [0.29, 0.717) is 34.7 Å². The van der Waals surface area contributed by atoms with Gasteiger partial charge in [-0.05, 0) is 50.4 Å². The lowest BCUT2D eigenvalue weighted by molar-refractivity contribution is 0.0492. The molecule has 1 aromatic heterocycles. The van der Waals surface area contributed by atoms with Crippen molar-refractivity contribution >= 4 is 16.9 Å². The molecule has 3 aromatic rings. The molecule has 4 rings (SSSR count). The third-order valence-corrected chi connectivity index (χ3v) is 6.10. The van der Waals surface area contributed by atoms with Crippen molar-refractivity contribution in [3.8, 4) is 22.6 Å². The van der Waals surface area contributed by atoms with Crippen molar-refractivity contribution in [1.82, 2.24) is 4.90 Å². The number of ether oxygens (including phenoxy) is 2. The molecule has 174 valence electrons. The lowest BCUT2D eigenvalue weighted by Gasteiger charge is -2.31. The highest BCUT2D eigenvalue weighted by Gasteiger charge is 2.27. The summed E-state index contributed by atoms with van der Waals surface area (Å²) in [7, 11) is 1.50. The largest absolute Gasteiger partial charge is 0.507 e. The lowest BCUT2D eigenvalue weighted by Crippen LogP contribution is -2.33. The van der Waals surface area contributed by atoms with Crippen LogP contribution in [0, 0.1) is 5.92 Å². The van der Waals surface area contributed by atoms with E-state index in [9.17, 15) is 14.7 Å². The van der Waals surface area contributed by atoms with Gasteiger partial charge in [-0.3, -0.25) is 9.69 Å². The third kappa shape index (κ3) is 4.46. The van der Waals surface area contributed by atoms with Gasteiger partial charge in [-0.2, -0.15) is 0 Å². The maximum Gasteiger partial charge on any atom is 0.375 e. The average Bonchev–Trinajstić information content (AvgIpc) is 2.81. The summed E-state index contributed by atoms with van der Waals surface area (Å²) < 4.78 is 16.8. The molecular formula is C26H29NO6. The number of phenols is 1. The molecule has 1 fully saturated rings. The molecule has 0 amide bonds. The van der Waals surface area contributed by atoms with E-state index in [2.05, 4.69) is 11.8 Å². The third-order valence-electron chi connectivity index (χ3n) is 6.10. The number of likely N-dealkylation sites (tertiary alicyclic amines) is 1. The monoisotopic (exact) mass is 451 g/mol. The number of benzene rings is 2. The predicted octanol–water partition coefficient (Wildman–Crippen LogP) is 4.58. The predicted molar refractivity (Wildman–Crippen MR) is 126 cm³/mol. The van der Waals surface area contributed by atoms with Gasteiger partial charge < -0.3 is 19.0 Å². The highest BCUT2D eigenvalue weighted by atomic mass is 16.5. The van der Waals surface area contributed by atoms with Gasteiger partial charge in [-0.1, -0.05) is 25.1 Å². The fraction of sp³-hybridized carbons (Fsp3) is 0.385. The van der Waals surface area contributed by atoms with Gasteiger partial charge in [-0.25, -0.2) is 4.79 Å². The van der Waals surface area contributed by atoms with Gasteiger partial charge >= 0.3 is 5.97 Å². The van der Waals surface area contributed by atoms with Crippen molar-refractivity contribution in [3.05, 3.63) is 57.9 Å². The average molecular weight is 452 g/mol. The topological polar surface area (TPSA) is 89.2 Å². The zero-order valence-corrected chi connectivity index (χ0v) is 19.2. The second kappa shape index (κ2) is 9.67. The minimum absolute atomic E-state index is 0.0312. The maximum atomic E-state index is 13.7. The number of rotatable bonds is 6. The molecule has 33 heavy (non-hydrogen) atoms. The summed E-state index contributed by atoms with van der Waals surface area (Å²) in [5, 5.41) is 11.0. The van der Waals surface area contributed by atoms with Gasteiger partial charge in [0, 0.05) is 18.7 Å². The molecule has 1 N–H and O–H groups in total. The fourth-order valence-electron chi connectivity index (χ4n) is 4.55. The standard InChI is InChI=1S/C26H29NO6/c1-4-32-26(30)25-22(17-9-5-6-10-21(17)31-3)23(29)18-11-12-20(28)19(24(18)33-25)15-27-13-7-8-16(2)14-27/h5-6,9-12,16,28H,4,7-8,13-15H2,1-3H3/t16-/m0/s1. The number of carbonyl (C=O) groups excluding carboxylic acids is 1. The summed E-state index contributed by atoms with van der Waals surface area (Å²) >= 11 is 0. The van der Waals surface area contributed by atoms with Gasteiger partial charge in [-0.15, -0.1) is 0 Å². The van der Waals surface area contributed by atoms with Crippen LogP contribution in [0.15, 0.2) is 45.6 Å². The van der Waals surface area contributed by atoms with Crippen molar-refractivity contribution in [2.45, 2.75) is 33.2 Å². The van der Waals surface area contributed by atoms with Crippen LogP contribution in [0.5, 0.6) is 11.5 Å². The number of hydrogen-bond donors (Lipinski definition) is 1. The molecule has 0 spiro atoms. The number of phenolic OH excluding ortho intramolecular Hbond substituents is 1. The molecule has 2 heterocycles. The molecule has 7 nitrogen and oxygen atoms in total. The number of esters is 1. The second-order valence-electron chi connectivity index (χ2n) is 8.48. The Morgan fingerprint density at radius 3 is 2.76 bits per heavy atom. The summed E-state index contributed by atoms with van der Waals surface area (Å²) in [5.74, 6) is 0.0888. The quantitative estimate of drug-likeness (QED) is 0.549. The van der Waals surface area contributed by atoms with E-state index in [0.717, 1.165) is 19.5 Å². The van der Waals surface area contributed by atoms with Crippen LogP contribution in [-0.4, -0.2) is 42.8 Å². The molecule has 0 saturated carbocycles. The normalized spacial score (nSPS) is 16.6. The fourth-order valence-corrected chi connectivity index (χ4v) is 4.55. The Morgan fingerprint density at radius 2 is 2.03 bits per heavy atom. The van der Waals surface area contributed by atoms with Gasteiger partial charge in [0.15, 0.2) is 0 Å². The van der Waals surface area contributed by atoms with E-state index in [-0.39, 0.29) is 34.7 Å². The van der Waals surface area contributed by atoms with Gasteiger partial charge in [0.1, 0.15) is 17.1 Å². The first kappa shape index (κ1) is 22.9. The van der Waals surface area contributed by atoms with Crippen molar-refractivity contribution in [2.75, 3.05) is 26.8 Å². The van der Waals surface area contributed by atoms with Crippen molar-refractivity contribution in [3.63, 3.8) is 0 Å². The van der Waals surface area contributed by atoms with Crippen LogP contribution in [0.1, 0.15) is 42.8 Å². The summed E-state index contributed by atoms with van der Waals surface area (Å²) in [6.07, 6.45) is 2.24. The molecule has 0 radical (unpaired) electrons. The number of para-hydroxylation sites is 1. The minimum Gasteiger partial charge on any atom is -0.507 e. The summed E-state index contributed by atoms with van der Waals surface area (Å²) in [5.41, 5.74) is 0.854. The van der Waals surface area contributed by atoms with Crippen LogP contribution < -0.4 is 10.2 Å². The van der Waals surface area contributed by atoms with Crippen molar-refractivity contribution < 1.29 is 23.8 Å². The van der Waals surface area contributed by atoms with Gasteiger partial charge in [0.2, 0.25) is 11.2 Å². The highest BCUT2D eigenvalue weighted by Crippen LogP contribution is 2.35. The molecule has 1 saturated heterocycles. The first-order valence-electron chi connectivity index (χ1n) is 11.3. The van der Waals surface area contributed by atoms with E-state index >= 15 is 0 Å². The van der Waals surface area contributed by atoms with Crippen molar-refractivity contribution in [2.24, 2.45) is 5.92 Å². The zero-order chi connectivity index (χ0) is 23.5. The van der Waals surface area contributed by atoms with Gasteiger partial charge in [0.05, 0.1) is 30.2 Å². The van der Waals surface area contributed by atoms with Crippen LogP contribution in [-0.2, 0) is 11.3 Å². The molecule has 2 aromatic carbocycles. The number of nitrogens with zero attached hydrogens (tertiary/aromatic N) is 1. The number of fused-ring (bicyclic) bond motifs is 1. The Labute approximate surface area is 192 Å². The number of methoxy groups -OCH3 is 1. The van der Waals surface area contributed by atoms with E-state index in [1.165, 1.54) is 25.7 Å². The smallest absolute Gasteiger partial charge is 0.375 e. The Kier molecular flexibility index (Phi) is 6.70. The zero-order valence-electron chi connectivity index (χ0n) is 19.2. The minimum atomic E-state index is -0.738. The van der Waals surface area contributed by atoms with Crippen molar-refractivity contribution in [1.29, 1.82) is 0 Å². The van der Waals surface area contributed by atoms with Crippen LogP contribution >= 0.6 is 0 Å². The van der Waals surface area contributed by atoms with Crippen LogP contribution in [0.2, 0.25) is 0 Å². The van der Waals surface area contributed by atoms with E-state index < -0.39 is 5.97 Å². The van der Waals surface area contributed by atoms with E-state index in [4.69, 9.17) is 13.9 Å². The first-order valence-corrected chi connectivity index (χ1v) is 11.3. The lowest BCUT2D eigenvalue weighted by atomic mass is 9.98. The van der Waals surface area contributed by atoms with Crippen LogP contribution in [0.25, 0.3) is 22.1 Å². The molecular weight excluding hydrogens is 422 g/mol. The second-order valence-corrected chi connectivity index (χ2v) is 8.48. The Balaban J connectivity index is 1.95. The molecule has 0 unspecified atom stereocenters. The van der Waals surface area contributed by atoms with E-state index in [1.54, 1.807) is 31.2 Å². The summed E-state index contributed by atoms with van der Waals surface area (Å²) in [6, 6.07) is 10.0. The molecule has 1 atom stereocenters. The SMILES string of the molecule is CCOC(=O)c1oc2c(CN3CCC[C@H](C)C3)c(O)ccc2c(=O)c1-c1ccccc1OC. The molecule has 0 aliphatic carbocycles. The highest BCUT2D eigenvalue weighted by molar-refractivity contribution is 5.99. The Morgan fingerprint density at radius 1 is 1.24 bits per heavy atom. The summed E-state index contributed by atoms with van der Waals surface area (Å²) in [6.45, 7) is 6.23. The van der Waals surface area contributed by atoms with Crippen LogP contribution in [0.3, 0.4) is 0 Å². The molecule has 7 heteroatoms. The van der Waals surface area contributed by atoms with E-state index in [1.807, 2.05) is 0 Å². The molecule has 1 aliphatic rings. The van der Waals surface area contributed by atoms with Crippen LogP contribution in [0.4, 0.5) is 0 Å².